The zero-order valence-electron chi connectivity index (χ0n) is 12.1. The number of fused-ring (bicyclic) bond motifs is 1. The van der Waals surface area contributed by atoms with Crippen LogP contribution in [0.4, 0.5) is 5.69 Å². The van der Waals surface area contributed by atoms with E-state index < -0.39 is 9.84 Å². The second-order valence-electron chi connectivity index (χ2n) is 5.80. The standard InChI is InChI=1S/C15H20N2O3S/c1-2-10-3-6-12(7-4-10)21(18,19)15-17-13-8-5-11(16)9-14(13)20-15/h5,8-10,12H,2-4,6-7,16H2,1H3. The molecule has 0 unspecified atom stereocenters. The highest BCUT2D eigenvalue weighted by atomic mass is 32.2. The average molecular weight is 308 g/mol. The van der Waals surface area contributed by atoms with Crippen molar-refractivity contribution in [2.24, 2.45) is 5.92 Å². The van der Waals surface area contributed by atoms with Crippen molar-refractivity contribution in [1.29, 1.82) is 0 Å². The molecule has 0 atom stereocenters. The van der Waals surface area contributed by atoms with Crippen LogP contribution in [0.15, 0.2) is 27.8 Å². The van der Waals surface area contributed by atoms with Crippen LogP contribution in [0.3, 0.4) is 0 Å². The lowest BCUT2D eigenvalue weighted by Crippen LogP contribution is -2.27. The summed E-state index contributed by atoms with van der Waals surface area (Å²) in [5, 5.41) is -0.534. The van der Waals surface area contributed by atoms with Crippen molar-refractivity contribution in [2.45, 2.75) is 49.5 Å². The molecule has 0 radical (unpaired) electrons. The highest BCUT2D eigenvalue weighted by Gasteiger charge is 2.35. The predicted molar refractivity (Wildman–Crippen MR) is 81.6 cm³/mol. The molecular weight excluding hydrogens is 288 g/mol. The van der Waals surface area contributed by atoms with Gasteiger partial charge in [-0.2, -0.15) is 4.98 Å². The summed E-state index contributed by atoms with van der Waals surface area (Å²) in [6.07, 6.45) is 4.44. The summed E-state index contributed by atoms with van der Waals surface area (Å²) in [4.78, 5) is 4.13. The molecule has 0 bridgehead atoms. The van der Waals surface area contributed by atoms with E-state index in [9.17, 15) is 8.42 Å². The van der Waals surface area contributed by atoms with Crippen LogP contribution < -0.4 is 5.73 Å². The van der Waals surface area contributed by atoms with Crippen molar-refractivity contribution in [2.75, 3.05) is 5.73 Å². The van der Waals surface area contributed by atoms with Crippen molar-refractivity contribution < 1.29 is 12.8 Å². The molecule has 1 aromatic heterocycles. The first-order chi connectivity index (χ1) is 10.0. The van der Waals surface area contributed by atoms with Gasteiger partial charge in [-0.1, -0.05) is 13.3 Å². The third-order valence-corrected chi connectivity index (χ3v) is 6.46. The highest BCUT2D eigenvalue weighted by Crippen LogP contribution is 2.33. The predicted octanol–water partition coefficient (Wildman–Crippen LogP) is 3.15. The van der Waals surface area contributed by atoms with E-state index in [4.69, 9.17) is 10.2 Å². The molecule has 1 heterocycles. The van der Waals surface area contributed by atoms with Gasteiger partial charge in [0.1, 0.15) is 5.52 Å². The Morgan fingerprint density at radius 1 is 1.29 bits per heavy atom. The molecule has 0 amide bonds. The van der Waals surface area contributed by atoms with Gasteiger partial charge in [0.2, 0.25) is 9.84 Å². The Bertz CT molecular complexity index is 743. The van der Waals surface area contributed by atoms with Gasteiger partial charge in [0.25, 0.3) is 0 Å². The number of aromatic nitrogens is 1. The Hall–Kier alpha value is -1.56. The molecule has 6 heteroatoms. The topological polar surface area (TPSA) is 86.2 Å². The second kappa shape index (κ2) is 5.33. The smallest absolute Gasteiger partial charge is 0.316 e. The van der Waals surface area contributed by atoms with Crippen molar-refractivity contribution in [3.63, 3.8) is 0 Å². The molecule has 0 spiro atoms. The van der Waals surface area contributed by atoms with E-state index in [1.807, 2.05) is 0 Å². The molecule has 21 heavy (non-hydrogen) atoms. The first-order valence-corrected chi connectivity index (χ1v) is 8.95. The van der Waals surface area contributed by atoms with E-state index in [1.165, 1.54) is 0 Å². The lowest BCUT2D eigenvalue weighted by molar-refractivity contribution is 0.344. The van der Waals surface area contributed by atoms with E-state index in [2.05, 4.69) is 11.9 Å². The minimum atomic E-state index is -3.49. The van der Waals surface area contributed by atoms with Gasteiger partial charge < -0.3 is 10.2 Å². The number of hydrogen-bond donors (Lipinski definition) is 1. The number of nitrogens with two attached hydrogens (primary N) is 1. The van der Waals surface area contributed by atoms with Gasteiger partial charge in [-0.05, 0) is 43.7 Å². The third-order valence-electron chi connectivity index (χ3n) is 4.45. The first kappa shape index (κ1) is 14.4. The summed E-state index contributed by atoms with van der Waals surface area (Å²) < 4.78 is 30.7. The van der Waals surface area contributed by atoms with Gasteiger partial charge in [0.05, 0.1) is 5.25 Å². The molecule has 0 saturated heterocycles. The zero-order valence-corrected chi connectivity index (χ0v) is 12.9. The van der Waals surface area contributed by atoms with Gasteiger partial charge >= 0.3 is 5.22 Å². The Kier molecular flexibility index (Phi) is 3.65. The molecule has 1 aliphatic carbocycles. The zero-order chi connectivity index (χ0) is 15.0. The Balaban J connectivity index is 1.90. The number of hydrogen-bond acceptors (Lipinski definition) is 5. The van der Waals surface area contributed by atoms with Crippen LogP contribution in [-0.2, 0) is 9.84 Å². The van der Waals surface area contributed by atoms with Crippen LogP contribution in [-0.4, -0.2) is 18.7 Å². The van der Waals surface area contributed by atoms with E-state index in [0.717, 1.165) is 19.3 Å². The minimum Gasteiger partial charge on any atom is -0.428 e. The summed E-state index contributed by atoms with van der Waals surface area (Å²) in [6, 6.07) is 4.98. The van der Waals surface area contributed by atoms with Gasteiger partial charge in [-0.15, -0.1) is 0 Å². The van der Waals surface area contributed by atoms with Crippen LogP contribution in [0, 0.1) is 5.92 Å². The van der Waals surface area contributed by atoms with Gasteiger partial charge in [-0.25, -0.2) is 8.42 Å². The lowest BCUT2D eigenvalue weighted by Gasteiger charge is -2.26. The molecule has 5 nitrogen and oxygen atoms in total. The molecule has 114 valence electrons. The number of benzene rings is 1. The Morgan fingerprint density at radius 3 is 2.67 bits per heavy atom. The van der Waals surface area contributed by atoms with Crippen molar-refractivity contribution in [1.82, 2.24) is 4.98 Å². The van der Waals surface area contributed by atoms with E-state index in [-0.39, 0.29) is 10.5 Å². The van der Waals surface area contributed by atoms with Crippen molar-refractivity contribution in [3.8, 4) is 0 Å². The first-order valence-electron chi connectivity index (χ1n) is 7.40. The maximum absolute atomic E-state index is 12.6. The monoisotopic (exact) mass is 308 g/mol. The Morgan fingerprint density at radius 2 is 2.00 bits per heavy atom. The maximum atomic E-state index is 12.6. The molecule has 1 saturated carbocycles. The van der Waals surface area contributed by atoms with Crippen LogP contribution in [0.25, 0.3) is 11.1 Å². The fraction of sp³-hybridized carbons (Fsp3) is 0.533. The van der Waals surface area contributed by atoms with E-state index in [0.29, 0.717) is 35.5 Å². The van der Waals surface area contributed by atoms with Gasteiger partial charge in [-0.3, -0.25) is 0 Å². The molecule has 1 fully saturated rings. The minimum absolute atomic E-state index is 0.164. The third kappa shape index (κ3) is 2.64. The largest absolute Gasteiger partial charge is 0.428 e. The van der Waals surface area contributed by atoms with Crippen molar-refractivity contribution >= 4 is 26.6 Å². The quantitative estimate of drug-likeness (QED) is 0.880. The summed E-state index contributed by atoms with van der Waals surface area (Å²) in [5.41, 5.74) is 7.17. The summed E-state index contributed by atoms with van der Waals surface area (Å²) in [6.45, 7) is 2.16. The molecule has 2 aromatic rings. The highest BCUT2D eigenvalue weighted by molar-refractivity contribution is 7.91. The molecule has 0 aliphatic heterocycles. The number of rotatable bonds is 3. The number of anilines is 1. The summed E-state index contributed by atoms with van der Waals surface area (Å²) in [7, 11) is -3.49. The van der Waals surface area contributed by atoms with Crippen LogP contribution in [0.2, 0.25) is 0 Å². The molecule has 2 N–H and O–H groups in total. The molecule has 1 aromatic carbocycles. The van der Waals surface area contributed by atoms with E-state index >= 15 is 0 Å². The lowest BCUT2D eigenvalue weighted by atomic mass is 9.87. The molecule has 3 rings (SSSR count). The summed E-state index contributed by atoms with van der Waals surface area (Å²) >= 11 is 0. The normalized spacial score (nSPS) is 23.5. The van der Waals surface area contributed by atoms with Gasteiger partial charge in [0, 0.05) is 11.8 Å². The van der Waals surface area contributed by atoms with Crippen LogP contribution in [0.5, 0.6) is 0 Å². The van der Waals surface area contributed by atoms with Crippen molar-refractivity contribution in [3.05, 3.63) is 18.2 Å². The SMILES string of the molecule is CCC1CCC(S(=O)(=O)c2nc3ccc(N)cc3o2)CC1. The van der Waals surface area contributed by atoms with Crippen LogP contribution in [0.1, 0.15) is 39.0 Å². The molecule has 1 aliphatic rings. The van der Waals surface area contributed by atoms with E-state index in [1.54, 1.807) is 18.2 Å². The fourth-order valence-corrected chi connectivity index (χ4v) is 4.64. The number of nitrogen functional groups attached to an aromatic ring is 1. The number of oxazole rings is 1. The second-order valence-corrected chi connectivity index (χ2v) is 7.91. The number of nitrogens with zero attached hydrogens (tertiary/aromatic N) is 1. The van der Waals surface area contributed by atoms with Gasteiger partial charge in [0.15, 0.2) is 5.58 Å². The molecular formula is C15H20N2O3S. The average Bonchev–Trinajstić information content (AvgIpc) is 2.91. The number of sulfone groups is 1. The summed E-state index contributed by atoms with van der Waals surface area (Å²) in [5.74, 6) is 0.653. The van der Waals surface area contributed by atoms with Crippen LogP contribution >= 0.6 is 0 Å². The fourth-order valence-electron chi connectivity index (χ4n) is 3.03. The maximum Gasteiger partial charge on any atom is 0.316 e. The Labute approximate surface area is 124 Å².